The molecular weight excluding hydrogens is 244 g/mol. The van der Waals surface area contributed by atoms with Crippen LogP contribution in [0.25, 0.3) is 0 Å². The minimum atomic E-state index is -0.0194. The lowest BCUT2D eigenvalue weighted by Gasteiger charge is -2.24. The molecular formula is C13H14N4O2. The number of amides is 1. The number of nitrogens with one attached hydrogen (secondary N) is 1. The van der Waals surface area contributed by atoms with E-state index in [2.05, 4.69) is 15.5 Å². The van der Waals surface area contributed by atoms with Gasteiger partial charge in [-0.2, -0.15) is 0 Å². The molecule has 0 bridgehead atoms. The van der Waals surface area contributed by atoms with Crippen LogP contribution in [0.4, 0.5) is 6.01 Å². The van der Waals surface area contributed by atoms with E-state index in [1.54, 1.807) is 4.90 Å². The molecule has 2 aromatic rings. The summed E-state index contributed by atoms with van der Waals surface area (Å²) in [5.41, 5.74) is 1.12. The van der Waals surface area contributed by atoms with Crippen molar-refractivity contribution in [3.05, 3.63) is 41.8 Å². The third-order valence-corrected chi connectivity index (χ3v) is 2.96. The second-order valence-corrected chi connectivity index (χ2v) is 4.41. The average molecular weight is 258 g/mol. The van der Waals surface area contributed by atoms with E-state index in [1.165, 1.54) is 0 Å². The molecule has 1 N–H and O–H groups in total. The van der Waals surface area contributed by atoms with Crippen molar-refractivity contribution in [1.29, 1.82) is 0 Å². The van der Waals surface area contributed by atoms with Crippen LogP contribution in [0.2, 0.25) is 0 Å². The molecule has 0 unspecified atom stereocenters. The van der Waals surface area contributed by atoms with Gasteiger partial charge in [0.1, 0.15) is 6.54 Å². The number of aromatic nitrogens is 2. The van der Waals surface area contributed by atoms with Crippen LogP contribution in [0.3, 0.4) is 0 Å². The summed E-state index contributed by atoms with van der Waals surface area (Å²) in [5.74, 6) is 0.543. The Balaban J connectivity index is 1.71. The number of anilines is 1. The molecule has 1 aliphatic heterocycles. The van der Waals surface area contributed by atoms with E-state index >= 15 is 0 Å². The first-order valence-electron chi connectivity index (χ1n) is 6.19. The zero-order valence-electron chi connectivity index (χ0n) is 10.4. The maximum Gasteiger partial charge on any atom is 0.318 e. The molecule has 0 radical (unpaired) electrons. The summed E-state index contributed by atoms with van der Waals surface area (Å²) in [6.07, 6.45) is 0.605. The Morgan fingerprint density at radius 1 is 1.26 bits per heavy atom. The summed E-state index contributed by atoms with van der Waals surface area (Å²) in [6, 6.07) is 10.4. The molecule has 0 saturated carbocycles. The highest BCUT2D eigenvalue weighted by molar-refractivity contribution is 5.81. The summed E-state index contributed by atoms with van der Waals surface area (Å²) in [4.78, 5) is 13.1. The van der Waals surface area contributed by atoms with Gasteiger partial charge in [0, 0.05) is 13.1 Å². The molecule has 0 aliphatic carbocycles. The van der Waals surface area contributed by atoms with Crippen molar-refractivity contribution in [3.8, 4) is 0 Å². The smallest absolute Gasteiger partial charge is 0.318 e. The quantitative estimate of drug-likeness (QED) is 0.872. The predicted molar refractivity (Wildman–Crippen MR) is 68.8 cm³/mol. The van der Waals surface area contributed by atoms with Crippen molar-refractivity contribution in [1.82, 2.24) is 15.5 Å². The minimum Gasteiger partial charge on any atom is -0.408 e. The van der Waals surface area contributed by atoms with Gasteiger partial charge in [-0.25, -0.2) is 0 Å². The summed E-state index contributed by atoms with van der Waals surface area (Å²) in [7, 11) is 0. The zero-order valence-corrected chi connectivity index (χ0v) is 10.4. The minimum absolute atomic E-state index is 0.0194. The van der Waals surface area contributed by atoms with Crippen LogP contribution in [0.5, 0.6) is 0 Å². The van der Waals surface area contributed by atoms with Crippen LogP contribution in [-0.4, -0.2) is 35.7 Å². The van der Waals surface area contributed by atoms with E-state index in [0.29, 0.717) is 31.4 Å². The highest BCUT2D eigenvalue weighted by Crippen LogP contribution is 2.15. The molecule has 0 atom stereocenters. The van der Waals surface area contributed by atoms with E-state index in [1.807, 2.05) is 30.3 Å². The zero-order chi connectivity index (χ0) is 13.1. The largest absolute Gasteiger partial charge is 0.408 e. The maximum absolute atomic E-state index is 11.3. The van der Waals surface area contributed by atoms with E-state index < -0.39 is 0 Å². The number of hydrogen-bond donors (Lipinski definition) is 1. The molecule has 3 rings (SSSR count). The van der Waals surface area contributed by atoms with Crippen LogP contribution in [0.15, 0.2) is 34.7 Å². The Morgan fingerprint density at radius 2 is 2.11 bits per heavy atom. The lowest BCUT2D eigenvalue weighted by Crippen LogP contribution is -2.47. The fourth-order valence-corrected chi connectivity index (χ4v) is 2.02. The highest BCUT2D eigenvalue weighted by Gasteiger charge is 2.21. The second kappa shape index (κ2) is 5.09. The van der Waals surface area contributed by atoms with Crippen LogP contribution in [0.1, 0.15) is 11.5 Å². The number of rotatable bonds is 3. The third-order valence-electron chi connectivity index (χ3n) is 2.96. The first kappa shape index (κ1) is 11.7. The average Bonchev–Trinajstić information content (AvgIpc) is 2.88. The number of hydrogen-bond acceptors (Lipinski definition) is 5. The molecule has 1 fully saturated rings. The molecule has 6 heteroatoms. The topological polar surface area (TPSA) is 71.3 Å². The van der Waals surface area contributed by atoms with E-state index in [0.717, 1.165) is 5.56 Å². The molecule has 2 heterocycles. The number of piperazine rings is 1. The van der Waals surface area contributed by atoms with E-state index in [4.69, 9.17) is 4.42 Å². The van der Waals surface area contributed by atoms with Gasteiger partial charge < -0.3 is 14.6 Å². The Kier molecular flexibility index (Phi) is 3.14. The van der Waals surface area contributed by atoms with Gasteiger partial charge in [0.05, 0.1) is 6.42 Å². The fourth-order valence-electron chi connectivity index (χ4n) is 2.02. The summed E-state index contributed by atoms with van der Waals surface area (Å²) < 4.78 is 5.60. The van der Waals surface area contributed by atoms with Gasteiger partial charge in [0.2, 0.25) is 11.8 Å². The number of nitrogens with zero attached hydrogens (tertiary/aromatic N) is 3. The van der Waals surface area contributed by atoms with Crippen molar-refractivity contribution in [2.45, 2.75) is 6.42 Å². The molecule has 1 amide bonds. The van der Waals surface area contributed by atoms with Crippen molar-refractivity contribution >= 4 is 11.9 Å². The summed E-state index contributed by atoms with van der Waals surface area (Å²) in [6.45, 7) is 1.57. The van der Waals surface area contributed by atoms with Crippen molar-refractivity contribution < 1.29 is 9.21 Å². The Labute approximate surface area is 110 Å². The Morgan fingerprint density at radius 3 is 2.89 bits per heavy atom. The van der Waals surface area contributed by atoms with Crippen molar-refractivity contribution in [2.24, 2.45) is 0 Å². The van der Waals surface area contributed by atoms with Crippen LogP contribution < -0.4 is 10.2 Å². The van der Waals surface area contributed by atoms with Crippen LogP contribution in [0, 0.1) is 0 Å². The summed E-state index contributed by atoms with van der Waals surface area (Å²) >= 11 is 0. The van der Waals surface area contributed by atoms with Crippen molar-refractivity contribution in [3.63, 3.8) is 0 Å². The highest BCUT2D eigenvalue weighted by atomic mass is 16.4. The van der Waals surface area contributed by atoms with Gasteiger partial charge in [-0.15, -0.1) is 5.10 Å². The molecule has 1 saturated heterocycles. The number of benzene rings is 1. The van der Waals surface area contributed by atoms with Gasteiger partial charge in [0.25, 0.3) is 0 Å². The normalized spacial score (nSPS) is 15.4. The Hall–Kier alpha value is -2.37. The van der Waals surface area contributed by atoms with Gasteiger partial charge in [-0.3, -0.25) is 4.79 Å². The van der Waals surface area contributed by atoms with E-state index in [-0.39, 0.29) is 12.5 Å². The van der Waals surface area contributed by atoms with Gasteiger partial charge >= 0.3 is 6.01 Å². The molecule has 1 aliphatic rings. The summed E-state index contributed by atoms with van der Waals surface area (Å²) in [5, 5.41) is 10.8. The number of carbonyl (C=O) groups excluding carboxylic acids is 1. The maximum atomic E-state index is 11.3. The lowest BCUT2D eigenvalue weighted by atomic mass is 10.2. The molecule has 1 aromatic carbocycles. The molecule has 98 valence electrons. The van der Waals surface area contributed by atoms with Crippen LogP contribution >= 0.6 is 0 Å². The van der Waals surface area contributed by atoms with Gasteiger partial charge in [-0.05, 0) is 5.56 Å². The van der Waals surface area contributed by atoms with Gasteiger partial charge in [-0.1, -0.05) is 35.4 Å². The predicted octanol–water partition coefficient (Wildman–Crippen LogP) is 0.597. The molecule has 6 nitrogen and oxygen atoms in total. The molecule has 0 spiro atoms. The fraction of sp³-hybridized carbons (Fsp3) is 0.308. The molecule has 1 aromatic heterocycles. The van der Waals surface area contributed by atoms with Crippen LogP contribution in [-0.2, 0) is 11.2 Å². The van der Waals surface area contributed by atoms with E-state index in [9.17, 15) is 4.79 Å². The SMILES string of the molecule is O=C1CN(c2nnc(Cc3ccccc3)o2)CCN1. The second-order valence-electron chi connectivity index (χ2n) is 4.41. The third kappa shape index (κ3) is 2.73. The standard InChI is InChI=1S/C13H14N4O2/c18-11-9-17(7-6-14-11)13-16-15-12(19-13)8-10-4-2-1-3-5-10/h1-5H,6-9H2,(H,14,18). The Bertz CT molecular complexity index is 567. The molecule has 19 heavy (non-hydrogen) atoms. The first-order valence-corrected chi connectivity index (χ1v) is 6.19. The van der Waals surface area contributed by atoms with Gasteiger partial charge in [0.15, 0.2) is 0 Å². The number of carbonyl (C=O) groups is 1. The lowest BCUT2D eigenvalue weighted by molar-refractivity contribution is -0.120. The van der Waals surface area contributed by atoms with Crippen molar-refractivity contribution in [2.75, 3.05) is 24.5 Å². The monoisotopic (exact) mass is 258 g/mol. The first-order chi connectivity index (χ1) is 9.31.